The molecule has 98 valence electrons. The number of benzene rings is 1. The van der Waals surface area contributed by atoms with E-state index in [-0.39, 0.29) is 11.7 Å². The third-order valence-corrected chi connectivity index (χ3v) is 5.08. The highest BCUT2D eigenvalue weighted by molar-refractivity contribution is 14.1. The first kappa shape index (κ1) is 14.5. The zero-order valence-corrected chi connectivity index (χ0v) is 13.6. The van der Waals surface area contributed by atoms with Crippen LogP contribution in [0.3, 0.4) is 0 Å². The number of rotatable bonds is 3. The van der Waals surface area contributed by atoms with Crippen molar-refractivity contribution in [3.05, 3.63) is 48.7 Å². The molecule has 1 heterocycles. The SMILES string of the molecule is CC(=O)c1ccc(C(=O)Nc2ccc(Cl)c(I)c2)s1. The van der Waals surface area contributed by atoms with Gasteiger partial charge in [-0.2, -0.15) is 0 Å². The summed E-state index contributed by atoms with van der Waals surface area (Å²) in [6, 6.07) is 8.57. The van der Waals surface area contributed by atoms with Crippen molar-refractivity contribution in [1.29, 1.82) is 0 Å². The first-order valence-electron chi connectivity index (χ1n) is 5.34. The highest BCUT2D eigenvalue weighted by Crippen LogP contribution is 2.23. The topological polar surface area (TPSA) is 46.2 Å². The van der Waals surface area contributed by atoms with E-state index in [1.54, 1.807) is 30.3 Å². The molecule has 0 saturated carbocycles. The number of carbonyl (C=O) groups is 2. The maximum atomic E-state index is 12.0. The lowest BCUT2D eigenvalue weighted by molar-refractivity contribution is 0.101. The summed E-state index contributed by atoms with van der Waals surface area (Å²) in [4.78, 5) is 24.3. The molecule has 1 aromatic carbocycles. The maximum absolute atomic E-state index is 12.0. The Morgan fingerprint density at radius 3 is 2.47 bits per heavy atom. The average molecular weight is 406 g/mol. The van der Waals surface area contributed by atoms with Gasteiger partial charge in [0.1, 0.15) is 0 Å². The summed E-state index contributed by atoms with van der Waals surface area (Å²) in [5.74, 6) is -0.263. The summed E-state index contributed by atoms with van der Waals surface area (Å²) in [6.45, 7) is 1.48. The predicted octanol–water partition coefficient (Wildman–Crippen LogP) is 4.46. The molecule has 0 spiro atoms. The summed E-state index contributed by atoms with van der Waals surface area (Å²) in [5.41, 5.74) is 0.677. The van der Waals surface area contributed by atoms with Gasteiger partial charge in [-0.05, 0) is 59.8 Å². The van der Waals surface area contributed by atoms with Crippen LogP contribution in [0.5, 0.6) is 0 Å². The van der Waals surface area contributed by atoms with E-state index < -0.39 is 0 Å². The third-order valence-electron chi connectivity index (χ3n) is 2.35. The van der Waals surface area contributed by atoms with Crippen LogP contribution in [0.15, 0.2) is 30.3 Å². The van der Waals surface area contributed by atoms with E-state index in [2.05, 4.69) is 27.9 Å². The van der Waals surface area contributed by atoms with Crippen molar-refractivity contribution in [1.82, 2.24) is 0 Å². The quantitative estimate of drug-likeness (QED) is 0.605. The molecule has 0 radical (unpaired) electrons. The zero-order chi connectivity index (χ0) is 14.0. The Bertz CT molecular complexity index is 654. The second-order valence-electron chi connectivity index (χ2n) is 3.80. The molecule has 2 aromatic rings. The van der Waals surface area contributed by atoms with E-state index in [1.165, 1.54) is 18.3 Å². The molecule has 1 amide bonds. The van der Waals surface area contributed by atoms with Crippen LogP contribution < -0.4 is 5.32 Å². The van der Waals surface area contributed by atoms with Crippen molar-refractivity contribution in [3.8, 4) is 0 Å². The fraction of sp³-hybridized carbons (Fsp3) is 0.0769. The highest BCUT2D eigenvalue weighted by Gasteiger charge is 2.12. The van der Waals surface area contributed by atoms with Crippen LogP contribution in [0.1, 0.15) is 26.3 Å². The van der Waals surface area contributed by atoms with Gasteiger partial charge in [-0.15, -0.1) is 11.3 Å². The molecule has 0 atom stereocenters. The van der Waals surface area contributed by atoms with Gasteiger partial charge in [-0.1, -0.05) is 11.6 Å². The van der Waals surface area contributed by atoms with Crippen molar-refractivity contribution < 1.29 is 9.59 Å². The van der Waals surface area contributed by atoms with E-state index in [1.807, 2.05) is 0 Å². The Kier molecular flexibility index (Phi) is 4.59. The molecule has 2 rings (SSSR count). The number of ketones is 1. The van der Waals surface area contributed by atoms with Crippen LogP contribution in [0.2, 0.25) is 5.02 Å². The molecule has 0 saturated heterocycles. The van der Waals surface area contributed by atoms with Crippen LogP contribution in [0.25, 0.3) is 0 Å². The lowest BCUT2D eigenvalue weighted by atomic mass is 10.3. The molecule has 3 nitrogen and oxygen atoms in total. The molecule has 0 unspecified atom stereocenters. The van der Waals surface area contributed by atoms with Crippen molar-refractivity contribution in [2.45, 2.75) is 6.92 Å². The number of nitrogens with one attached hydrogen (secondary N) is 1. The van der Waals surface area contributed by atoms with E-state index in [0.29, 0.717) is 20.5 Å². The van der Waals surface area contributed by atoms with E-state index in [4.69, 9.17) is 11.6 Å². The number of anilines is 1. The van der Waals surface area contributed by atoms with Crippen LogP contribution in [0.4, 0.5) is 5.69 Å². The van der Waals surface area contributed by atoms with E-state index >= 15 is 0 Å². The first-order valence-corrected chi connectivity index (χ1v) is 7.62. The number of hydrogen-bond acceptors (Lipinski definition) is 3. The summed E-state index contributed by atoms with van der Waals surface area (Å²) >= 11 is 9.20. The van der Waals surface area contributed by atoms with Gasteiger partial charge in [-0.3, -0.25) is 9.59 Å². The highest BCUT2D eigenvalue weighted by atomic mass is 127. The van der Waals surface area contributed by atoms with Gasteiger partial charge >= 0.3 is 0 Å². The zero-order valence-electron chi connectivity index (χ0n) is 9.87. The van der Waals surface area contributed by atoms with Gasteiger partial charge in [0.15, 0.2) is 5.78 Å². The van der Waals surface area contributed by atoms with Crippen LogP contribution in [-0.2, 0) is 0 Å². The summed E-state index contributed by atoms with van der Waals surface area (Å²) < 4.78 is 0.868. The van der Waals surface area contributed by atoms with Crippen molar-refractivity contribution >= 4 is 62.9 Å². The Balaban J connectivity index is 2.15. The summed E-state index contributed by atoms with van der Waals surface area (Å²) in [6.07, 6.45) is 0. The molecule has 0 aliphatic carbocycles. The summed E-state index contributed by atoms with van der Waals surface area (Å²) in [7, 11) is 0. The molecule has 0 fully saturated rings. The van der Waals surface area contributed by atoms with Gasteiger partial charge in [0, 0.05) is 9.26 Å². The second kappa shape index (κ2) is 6.02. The van der Waals surface area contributed by atoms with Crippen LogP contribution in [-0.4, -0.2) is 11.7 Å². The third kappa shape index (κ3) is 3.55. The smallest absolute Gasteiger partial charge is 0.265 e. The van der Waals surface area contributed by atoms with Crippen molar-refractivity contribution in [2.75, 3.05) is 5.32 Å². The molecule has 0 aliphatic rings. The molecule has 1 N–H and O–H groups in total. The average Bonchev–Trinajstić information content (AvgIpc) is 2.83. The van der Waals surface area contributed by atoms with Gasteiger partial charge in [0.25, 0.3) is 5.91 Å². The maximum Gasteiger partial charge on any atom is 0.265 e. The molecule has 6 heteroatoms. The normalized spacial score (nSPS) is 10.3. The number of carbonyl (C=O) groups excluding carboxylic acids is 2. The van der Waals surface area contributed by atoms with E-state index in [0.717, 1.165) is 3.57 Å². The Hall–Kier alpha value is -0.920. The fourth-order valence-electron chi connectivity index (χ4n) is 1.42. The van der Waals surface area contributed by atoms with Crippen molar-refractivity contribution in [3.63, 3.8) is 0 Å². The Morgan fingerprint density at radius 1 is 1.21 bits per heavy atom. The minimum Gasteiger partial charge on any atom is -0.321 e. The van der Waals surface area contributed by atoms with Gasteiger partial charge in [-0.25, -0.2) is 0 Å². The predicted molar refractivity (Wildman–Crippen MR) is 86.4 cm³/mol. The molecular formula is C13H9ClINO2S. The minimum atomic E-state index is -0.226. The monoisotopic (exact) mass is 405 g/mol. The molecule has 0 bridgehead atoms. The number of amides is 1. The molecular weight excluding hydrogens is 397 g/mol. The lowest BCUT2D eigenvalue weighted by Crippen LogP contribution is -2.10. The summed E-state index contributed by atoms with van der Waals surface area (Å²) in [5, 5.41) is 3.42. The standard InChI is InChI=1S/C13H9ClINO2S/c1-7(17)11-4-5-12(19-11)13(18)16-8-2-3-9(14)10(15)6-8/h2-6H,1H3,(H,16,18). The van der Waals surface area contributed by atoms with Gasteiger partial charge in [0.05, 0.1) is 14.8 Å². The second-order valence-corrected chi connectivity index (χ2v) is 6.46. The molecule has 19 heavy (non-hydrogen) atoms. The van der Waals surface area contributed by atoms with Gasteiger partial charge in [0.2, 0.25) is 0 Å². The fourth-order valence-corrected chi connectivity index (χ4v) is 2.85. The van der Waals surface area contributed by atoms with Crippen LogP contribution in [0, 0.1) is 3.57 Å². The van der Waals surface area contributed by atoms with Crippen LogP contribution >= 0.6 is 45.5 Å². The number of hydrogen-bond donors (Lipinski definition) is 1. The van der Waals surface area contributed by atoms with Gasteiger partial charge < -0.3 is 5.32 Å². The Labute approximate surface area is 133 Å². The largest absolute Gasteiger partial charge is 0.321 e. The van der Waals surface area contributed by atoms with Crippen molar-refractivity contribution in [2.24, 2.45) is 0 Å². The molecule has 0 aliphatic heterocycles. The lowest BCUT2D eigenvalue weighted by Gasteiger charge is -2.04. The minimum absolute atomic E-state index is 0.0370. The Morgan fingerprint density at radius 2 is 1.89 bits per heavy atom. The number of thiophene rings is 1. The molecule has 1 aromatic heterocycles. The van der Waals surface area contributed by atoms with E-state index in [9.17, 15) is 9.59 Å². The number of halogens is 2. The number of Topliss-reactive ketones (excluding diaryl/α,β-unsaturated/α-hetero) is 1. The first-order chi connectivity index (χ1) is 8.97.